The van der Waals surface area contributed by atoms with Gasteiger partial charge in [0, 0.05) is 17.1 Å². The number of rotatable bonds is 1. The Bertz CT molecular complexity index is 426. The lowest BCUT2D eigenvalue weighted by Crippen LogP contribution is -2.23. The molecule has 0 bridgehead atoms. The minimum absolute atomic E-state index is 0.0393. The zero-order chi connectivity index (χ0) is 11.4. The summed E-state index contributed by atoms with van der Waals surface area (Å²) in [5.74, 6) is 0.0393. The number of amides is 1. The molecule has 1 N–H and O–H groups in total. The maximum Gasteiger partial charge on any atom is 0.247 e. The molecular weight excluding hydrogens is 222 g/mol. The predicted molar refractivity (Wildman–Crippen MR) is 66.3 cm³/mol. The van der Waals surface area contributed by atoms with Crippen LogP contribution >= 0.6 is 11.6 Å². The standard InChI is InChI=1S/C13H14ClNO/c14-12-7-2-1-5-10(12)9-11-6-3-4-8-15-13(11)16/h1-2,5,7,9H,3-4,6,8H2,(H,15,16)/b11-9-. The van der Waals surface area contributed by atoms with Crippen molar-refractivity contribution in [1.29, 1.82) is 0 Å². The molecule has 1 aromatic rings. The average molecular weight is 236 g/mol. The number of halogens is 1. The SMILES string of the molecule is O=C1NCCCC/C1=C/c1ccccc1Cl. The highest BCUT2D eigenvalue weighted by Crippen LogP contribution is 2.21. The van der Waals surface area contributed by atoms with E-state index in [1.165, 1.54) is 0 Å². The zero-order valence-electron chi connectivity index (χ0n) is 9.00. The summed E-state index contributed by atoms with van der Waals surface area (Å²) in [5.41, 5.74) is 1.74. The van der Waals surface area contributed by atoms with Gasteiger partial charge in [0.15, 0.2) is 0 Å². The minimum atomic E-state index is 0.0393. The second kappa shape index (κ2) is 5.17. The molecule has 0 spiro atoms. The number of nitrogens with one attached hydrogen (secondary N) is 1. The Balaban J connectivity index is 2.28. The third-order valence-electron chi connectivity index (χ3n) is 2.69. The van der Waals surface area contributed by atoms with Crippen LogP contribution in [-0.2, 0) is 4.79 Å². The van der Waals surface area contributed by atoms with Crippen LogP contribution in [0.25, 0.3) is 6.08 Å². The van der Waals surface area contributed by atoms with Crippen LogP contribution in [0.3, 0.4) is 0 Å². The fraction of sp³-hybridized carbons (Fsp3) is 0.308. The molecular formula is C13H14ClNO. The lowest BCUT2D eigenvalue weighted by atomic mass is 10.1. The smallest absolute Gasteiger partial charge is 0.247 e. The van der Waals surface area contributed by atoms with E-state index in [1.54, 1.807) is 0 Å². The molecule has 1 aliphatic heterocycles. The quantitative estimate of drug-likeness (QED) is 0.745. The molecule has 1 amide bonds. The summed E-state index contributed by atoms with van der Waals surface area (Å²) in [6.45, 7) is 0.776. The summed E-state index contributed by atoms with van der Waals surface area (Å²) < 4.78 is 0. The van der Waals surface area contributed by atoms with Crippen LogP contribution in [-0.4, -0.2) is 12.5 Å². The average Bonchev–Trinajstić information content (AvgIpc) is 2.48. The van der Waals surface area contributed by atoms with Gasteiger partial charge in [0.2, 0.25) is 5.91 Å². The van der Waals surface area contributed by atoms with E-state index in [1.807, 2.05) is 30.3 Å². The van der Waals surface area contributed by atoms with Crippen molar-refractivity contribution >= 4 is 23.6 Å². The fourth-order valence-corrected chi connectivity index (χ4v) is 1.98. The van der Waals surface area contributed by atoms with E-state index in [2.05, 4.69) is 5.32 Å². The van der Waals surface area contributed by atoms with Gasteiger partial charge >= 0.3 is 0 Å². The van der Waals surface area contributed by atoms with Gasteiger partial charge in [-0.1, -0.05) is 29.8 Å². The van der Waals surface area contributed by atoms with Crippen molar-refractivity contribution < 1.29 is 4.79 Å². The molecule has 2 rings (SSSR count). The van der Waals surface area contributed by atoms with Crippen LogP contribution in [0.1, 0.15) is 24.8 Å². The van der Waals surface area contributed by atoms with Crippen molar-refractivity contribution in [1.82, 2.24) is 5.32 Å². The molecule has 2 nitrogen and oxygen atoms in total. The normalized spacial score (nSPS) is 19.3. The Morgan fingerprint density at radius 1 is 1.25 bits per heavy atom. The first-order valence-electron chi connectivity index (χ1n) is 5.50. The summed E-state index contributed by atoms with van der Waals surface area (Å²) in [5, 5.41) is 3.57. The number of benzene rings is 1. The summed E-state index contributed by atoms with van der Waals surface area (Å²) in [6.07, 6.45) is 4.82. The van der Waals surface area contributed by atoms with Crippen molar-refractivity contribution in [2.45, 2.75) is 19.3 Å². The van der Waals surface area contributed by atoms with Gasteiger partial charge in [0.25, 0.3) is 0 Å². The van der Waals surface area contributed by atoms with E-state index in [-0.39, 0.29) is 5.91 Å². The van der Waals surface area contributed by atoms with E-state index in [0.717, 1.165) is 36.9 Å². The number of carbonyl (C=O) groups excluding carboxylic acids is 1. The highest BCUT2D eigenvalue weighted by atomic mass is 35.5. The first-order valence-corrected chi connectivity index (χ1v) is 5.88. The largest absolute Gasteiger partial charge is 0.352 e. The molecule has 0 saturated carbocycles. The maximum atomic E-state index is 11.7. The van der Waals surface area contributed by atoms with Crippen LogP contribution in [0, 0.1) is 0 Å². The van der Waals surface area contributed by atoms with Crippen LogP contribution in [0.2, 0.25) is 5.02 Å². The molecule has 84 valence electrons. The highest BCUT2D eigenvalue weighted by Gasteiger charge is 2.12. The van der Waals surface area contributed by atoms with Gasteiger partial charge in [-0.15, -0.1) is 0 Å². The van der Waals surface area contributed by atoms with Crippen LogP contribution in [0.15, 0.2) is 29.8 Å². The minimum Gasteiger partial charge on any atom is -0.352 e. The topological polar surface area (TPSA) is 29.1 Å². The first-order chi connectivity index (χ1) is 7.77. The van der Waals surface area contributed by atoms with Crippen LogP contribution in [0.4, 0.5) is 0 Å². The predicted octanol–water partition coefficient (Wildman–Crippen LogP) is 3.02. The molecule has 1 aliphatic rings. The van der Waals surface area contributed by atoms with E-state index in [9.17, 15) is 4.79 Å². The lowest BCUT2D eigenvalue weighted by molar-refractivity contribution is -0.117. The molecule has 0 aromatic heterocycles. The van der Waals surface area contributed by atoms with Gasteiger partial charge in [-0.3, -0.25) is 4.79 Å². The molecule has 0 unspecified atom stereocenters. The second-order valence-corrected chi connectivity index (χ2v) is 4.31. The first kappa shape index (κ1) is 11.2. The molecule has 1 heterocycles. The van der Waals surface area contributed by atoms with E-state index >= 15 is 0 Å². The van der Waals surface area contributed by atoms with Gasteiger partial charge in [-0.05, 0) is 37.0 Å². The zero-order valence-corrected chi connectivity index (χ0v) is 9.76. The summed E-state index contributed by atoms with van der Waals surface area (Å²) in [7, 11) is 0. The molecule has 1 aromatic carbocycles. The summed E-state index contributed by atoms with van der Waals surface area (Å²) in [6, 6.07) is 7.57. The molecule has 0 atom stereocenters. The van der Waals surface area contributed by atoms with Crippen molar-refractivity contribution in [3.63, 3.8) is 0 Å². The lowest BCUT2D eigenvalue weighted by Gasteiger charge is -2.03. The molecule has 0 aliphatic carbocycles. The Labute approximate surface area is 100 Å². The molecule has 3 heteroatoms. The third-order valence-corrected chi connectivity index (χ3v) is 3.03. The molecule has 0 radical (unpaired) electrons. The van der Waals surface area contributed by atoms with Crippen molar-refractivity contribution in [3.8, 4) is 0 Å². The van der Waals surface area contributed by atoms with Gasteiger partial charge in [-0.2, -0.15) is 0 Å². The van der Waals surface area contributed by atoms with Crippen LogP contribution < -0.4 is 5.32 Å². The van der Waals surface area contributed by atoms with E-state index in [4.69, 9.17) is 11.6 Å². The monoisotopic (exact) mass is 235 g/mol. The van der Waals surface area contributed by atoms with E-state index < -0.39 is 0 Å². The Kier molecular flexibility index (Phi) is 3.62. The van der Waals surface area contributed by atoms with Gasteiger partial charge in [0.1, 0.15) is 0 Å². The van der Waals surface area contributed by atoms with Gasteiger partial charge in [-0.25, -0.2) is 0 Å². The van der Waals surface area contributed by atoms with Crippen molar-refractivity contribution in [2.24, 2.45) is 0 Å². The van der Waals surface area contributed by atoms with E-state index in [0.29, 0.717) is 5.02 Å². The molecule has 16 heavy (non-hydrogen) atoms. The Hall–Kier alpha value is -1.28. The highest BCUT2D eigenvalue weighted by molar-refractivity contribution is 6.32. The number of carbonyl (C=O) groups is 1. The summed E-state index contributed by atoms with van der Waals surface area (Å²) >= 11 is 6.06. The molecule has 1 saturated heterocycles. The van der Waals surface area contributed by atoms with Gasteiger partial charge in [0.05, 0.1) is 0 Å². The summed E-state index contributed by atoms with van der Waals surface area (Å²) in [4.78, 5) is 11.7. The Morgan fingerprint density at radius 2 is 2.06 bits per heavy atom. The number of hydrogen-bond donors (Lipinski definition) is 1. The van der Waals surface area contributed by atoms with Crippen molar-refractivity contribution in [3.05, 3.63) is 40.4 Å². The second-order valence-electron chi connectivity index (χ2n) is 3.90. The number of hydrogen-bond acceptors (Lipinski definition) is 1. The van der Waals surface area contributed by atoms with Gasteiger partial charge < -0.3 is 5.32 Å². The van der Waals surface area contributed by atoms with Crippen LogP contribution in [0.5, 0.6) is 0 Å². The third kappa shape index (κ3) is 2.64. The molecule has 1 fully saturated rings. The maximum absolute atomic E-state index is 11.7. The van der Waals surface area contributed by atoms with Crippen molar-refractivity contribution in [2.75, 3.05) is 6.54 Å². The Morgan fingerprint density at radius 3 is 2.88 bits per heavy atom. The fourth-order valence-electron chi connectivity index (χ4n) is 1.79.